The summed E-state index contributed by atoms with van der Waals surface area (Å²) in [6, 6.07) is 6.63. The van der Waals surface area contributed by atoms with Crippen molar-refractivity contribution in [3.63, 3.8) is 0 Å². The molecule has 0 spiro atoms. The van der Waals surface area contributed by atoms with E-state index in [1.807, 2.05) is 12.1 Å². The molecule has 1 fully saturated rings. The first kappa shape index (κ1) is 9.03. The lowest BCUT2D eigenvalue weighted by atomic mass is 10.3. The Morgan fingerprint density at radius 3 is 2.69 bits per heavy atom. The molecule has 2 rings (SSSR count). The van der Waals surface area contributed by atoms with E-state index in [-0.39, 0.29) is 5.82 Å². The average Bonchev–Trinajstić information content (AvgIpc) is 2.62. The van der Waals surface area contributed by atoms with Crippen LogP contribution in [0.5, 0.6) is 0 Å². The van der Waals surface area contributed by atoms with Gasteiger partial charge in [0.25, 0.3) is 0 Å². The minimum absolute atomic E-state index is 0.174. The van der Waals surface area contributed by atoms with Crippen molar-refractivity contribution in [1.29, 1.82) is 0 Å². The van der Waals surface area contributed by atoms with Crippen LogP contribution in [0, 0.1) is 5.82 Å². The fourth-order valence-electron chi connectivity index (χ4n) is 1.31. The third kappa shape index (κ3) is 2.45. The normalized spacial score (nSPS) is 22.1. The topological polar surface area (TPSA) is 9.23 Å². The van der Waals surface area contributed by atoms with Gasteiger partial charge in [-0.1, -0.05) is 0 Å². The number of thioether (sulfide) groups is 1. The van der Waals surface area contributed by atoms with Gasteiger partial charge in [0.2, 0.25) is 0 Å². The van der Waals surface area contributed by atoms with E-state index in [4.69, 9.17) is 4.74 Å². The van der Waals surface area contributed by atoms with Crippen molar-refractivity contribution in [2.75, 3.05) is 13.2 Å². The predicted octanol–water partition coefficient (Wildman–Crippen LogP) is 2.71. The number of ether oxygens (including phenoxy) is 1. The first-order valence-electron chi connectivity index (χ1n) is 4.34. The summed E-state index contributed by atoms with van der Waals surface area (Å²) in [5.41, 5.74) is 0. The lowest BCUT2D eigenvalue weighted by molar-refractivity contribution is 0.199. The summed E-state index contributed by atoms with van der Waals surface area (Å²) in [7, 11) is 0. The van der Waals surface area contributed by atoms with Crippen LogP contribution < -0.4 is 0 Å². The highest BCUT2D eigenvalue weighted by molar-refractivity contribution is 8.00. The fraction of sp³-hybridized carbons (Fsp3) is 0.400. The Balaban J connectivity index is 1.97. The standard InChI is InChI=1S/C10H11FOS/c11-8-1-3-9(4-2-8)13-10-5-6-12-7-10/h1-4,10H,5-7H2. The molecule has 1 aliphatic heterocycles. The van der Waals surface area contributed by atoms with Crippen molar-refractivity contribution in [2.24, 2.45) is 0 Å². The maximum atomic E-state index is 12.6. The van der Waals surface area contributed by atoms with Crippen LogP contribution in [0.4, 0.5) is 4.39 Å². The largest absolute Gasteiger partial charge is 0.380 e. The second kappa shape index (κ2) is 4.11. The Bertz CT molecular complexity index is 267. The summed E-state index contributed by atoms with van der Waals surface area (Å²) < 4.78 is 17.8. The molecular formula is C10H11FOS. The van der Waals surface area contributed by atoms with Gasteiger partial charge in [0.1, 0.15) is 5.82 Å². The minimum atomic E-state index is -0.174. The van der Waals surface area contributed by atoms with Gasteiger partial charge in [-0.3, -0.25) is 0 Å². The van der Waals surface area contributed by atoms with Crippen molar-refractivity contribution in [2.45, 2.75) is 16.6 Å². The molecule has 0 aromatic heterocycles. The summed E-state index contributed by atoms with van der Waals surface area (Å²) in [5, 5.41) is 0.547. The number of benzene rings is 1. The molecule has 3 heteroatoms. The molecule has 0 amide bonds. The highest BCUT2D eigenvalue weighted by atomic mass is 32.2. The van der Waals surface area contributed by atoms with Crippen molar-refractivity contribution in [3.8, 4) is 0 Å². The van der Waals surface area contributed by atoms with Gasteiger partial charge < -0.3 is 4.74 Å². The summed E-state index contributed by atoms with van der Waals surface area (Å²) >= 11 is 1.77. The summed E-state index contributed by atoms with van der Waals surface area (Å²) in [4.78, 5) is 1.12. The van der Waals surface area contributed by atoms with E-state index in [1.54, 1.807) is 11.8 Å². The first-order valence-corrected chi connectivity index (χ1v) is 5.22. The molecule has 1 aliphatic rings. The van der Waals surface area contributed by atoms with Gasteiger partial charge >= 0.3 is 0 Å². The highest BCUT2D eigenvalue weighted by Crippen LogP contribution is 2.28. The van der Waals surface area contributed by atoms with Gasteiger partial charge in [0.05, 0.1) is 6.61 Å². The zero-order chi connectivity index (χ0) is 9.10. The predicted molar refractivity (Wildman–Crippen MR) is 51.5 cm³/mol. The maximum absolute atomic E-state index is 12.6. The monoisotopic (exact) mass is 198 g/mol. The fourth-order valence-corrected chi connectivity index (χ4v) is 2.37. The molecule has 0 N–H and O–H groups in total. The molecular weight excluding hydrogens is 187 g/mol. The van der Waals surface area contributed by atoms with E-state index in [0.717, 1.165) is 24.5 Å². The van der Waals surface area contributed by atoms with E-state index in [1.165, 1.54) is 12.1 Å². The Morgan fingerprint density at radius 1 is 1.31 bits per heavy atom. The number of hydrogen-bond donors (Lipinski definition) is 0. The van der Waals surface area contributed by atoms with Crippen molar-refractivity contribution in [1.82, 2.24) is 0 Å². The van der Waals surface area contributed by atoms with Crippen LogP contribution in [-0.2, 0) is 4.74 Å². The maximum Gasteiger partial charge on any atom is 0.123 e. The van der Waals surface area contributed by atoms with Gasteiger partial charge in [0, 0.05) is 16.8 Å². The quantitative estimate of drug-likeness (QED) is 0.722. The molecule has 0 saturated carbocycles. The average molecular weight is 198 g/mol. The molecule has 1 saturated heterocycles. The van der Waals surface area contributed by atoms with Crippen LogP contribution in [0.25, 0.3) is 0 Å². The van der Waals surface area contributed by atoms with E-state index in [9.17, 15) is 4.39 Å². The molecule has 0 bridgehead atoms. The van der Waals surface area contributed by atoms with Crippen LogP contribution in [0.1, 0.15) is 6.42 Å². The van der Waals surface area contributed by atoms with Crippen molar-refractivity contribution >= 4 is 11.8 Å². The number of hydrogen-bond acceptors (Lipinski definition) is 2. The molecule has 70 valence electrons. The van der Waals surface area contributed by atoms with E-state index < -0.39 is 0 Å². The number of rotatable bonds is 2. The summed E-state index contributed by atoms with van der Waals surface area (Å²) in [5.74, 6) is -0.174. The second-order valence-corrected chi connectivity index (χ2v) is 4.43. The Morgan fingerprint density at radius 2 is 2.08 bits per heavy atom. The molecule has 1 unspecified atom stereocenters. The van der Waals surface area contributed by atoms with Gasteiger partial charge in [0.15, 0.2) is 0 Å². The van der Waals surface area contributed by atoms with Crippen LogP contribution in [0.15, 0.2) is 29.2 Å². The smallest absolute Gasteiger partial charge is 0.123 e. The number of halogens is 1. The lowest BCUT2D eigenvalue weighted by Gasteiger charge is -2.06. The summed E-state index contributed by atoms with van der Waals surface area (Å²) in [6.45, 7) is 1.68. The van der Waals surface area contributed by atoms with Crippen LogP contribution in [0.3, 0.4) is 0 Å². The Kier molecular flexibility index (Phi) is 2.86. The zero-order valence-electron chi connectivity index (χ0n) is 7.20. The van der Waals surface area contributed by atoms with E-state index >= 15 is 0 Å². The SMILES string of the molecule is Fc1ccc(SC2CCOC2)cc1. The molecule has 1 aromatic carbocycles. The molecule has 1 aromatic rings. The molecule has 1 heterocycles. The van der Waals surface area contributed by atoms with Gasteiger partial charge in [-0.25, -0.2) is 4.39 Å². The highest BCUT2D eigenvalue weighted by Gasteiger charge is 2.16. The Labute approximate surface area is 81.3 Å². The third-order valence-electron chi connectivity index (χ3n) is 2.00. The van der Waals surface area contributed by atoms with Gasteiger partial charge in [-0.2, -0.15) is 0 Å². The molecule has 0 aliphatic carbocycles. The van der Waals surface area contributed by atoms with E-state index in [2.05, 4.69) is 0 Å². The molecule has 13 heavy (non-hydrogen) atoms. The molecule has 1 nitrogen and oxygen atoms in total. The minimum Gasteiger partial charge on any atom is -0.380 e. The second-order valence-electron chi connectivity index (χ2n) is 3.06. The van der Waals surface area contributed by atoms with Crippen LogP contribution in [0.2, 0.25) is 0 Å². The van der Waals surface area contributed by atoms with Crippen molar-refractivity contribution < 1.29 is 9.13 Å². The summed E-state index contributed by atoms with van der Waals surface area (Å²) in [6.07, 6.45) is 1.10. The molecule has 1 atom stereocenters. The van der Waals surface area contributed by atoms with Gasteiger partial charge in [-0.15, -0.1) is 11.8 Å². The lowest BCUT2D eigenvalue weighted by Crippen LogP contribution is -1.99. The van der Waals surface area contributed by atoms with E-state index in [0.29, 0.717) is 5.25 Å². The van der Waals surface area contributed by atoms with Crippen molar-refractivity contribution in [3.05, 3.63) is 30.1 Å². The zero-order valence-corrected chi connectivity index (χ0v) is 8.02. The first-order chi connectivity index (χ1) is 6.34. The molecule has 0 radical (unpaired) electrons. The Hall–Kier alpha value is -0.540. The third-order valence-corrected chi connectivity index (χ3v) is 3.25. The van der Waals surface area contributed by atoms with Gasteiger partial charge in [-0.05, 0) is 30.7 Å². The van der Waals surface area contributed by atoms with Crippen LogP contribution in [-0.4, -0.2) is 18.5 Å². The van der Waals surface area contributed by atoms with Crippen LogP contribution >= 0.6 is 11.8 Å².